The van der Waals surface area contributed by atoms with Crippen molar-refractivity contribution in [2.75, 3.05) is 32.7 Å². The van der Waals surface area contributed by atoms with Gasteiger partial charge in [-0.3, -0.25) is 4.99 Å². The Balaban J connectivity index is 0.00000361. The summed E-state index contributed by atoms with van der Waals surface area (Å²) in [5, 5.41) is 6.74. The van der Waals surface area contributed by atoms with Crippen molar-refractivity contribution in [3.05, 3.63) is 0 Å². The fourth-order valence-electron chi connectivity index (χ4n) is 2.30. The molecule has 4 nitrogen and oxygen atoms in total. The van der Waals surface area contributed by atoms with E-state index >= 15 is 0 Å². The molecule has 2 N–H and O–H groups in total. The number of rotatable bonds is 8. The molecule has 0 bridgehead atoms. The molecule has 0 aromatic rings. The van der Waals surface area contributed by atoms with Crippen LogP contribution in [-0.2, 0) is 0 Å². The first-order valence-corrected chi connectivity index (χ1v) is 8.03. The van der Waals surface area contributed by atoms with Gasteiger partial charge >= 0.3 is 0 Å². The largest absolute Gasteiger partial charge is 0.357 e. The van der Waals surface area contributed by atoms with Gasteiger partial charge in [0.1, 0.15) is 0 Å². The summed E-state index contributed by atoms with van der Waals surface area (Å²) in [6.45, 7) is 12.2. The zero-order chi connectivity index (χ0) is 13.9. The number of guanidine groups is 1. The lowest BCUT2D eigenvalue weighted by molar-refractivity contribution is 0.331. The molecule has 1 atom stereocenters. The molecule has 20 heavy (non-hydrogen) atoms. The maximum atomic E-state index is 4.64. The van der Waals surface area contributed by atoms with E-state index in [9.17, 15) is 0 Å². The normalized spacial score (nSPS) is 17.6. The Morgan fingerprint density at radius 1 is 1.20 bits per heavy atom. The van der Waals surface area contributed by atoms with Gasteiger partial charge < -0.3 is 15.5 Å². The van der Waals surface area contributed by atoms with Gasteiger partial charge in [-0.2, -0.15) is 0 Å². The van der Waals surface area contributed by atoms with Crippen molar-refractivity contribution in [2.45, 2.75) is 58.9 Å². The number of likely N-dealkylation sites (tertiary alicyclic amines) is 1. The molecule has 120 valence electrons. The van der Waals surface area contributed by atoms with Gasteiger partial charge in [-0.05, 0) is 65.6 Å². The molecule has 5 heteroatoms. The van der Waals surface area contributed by atoms with Crippen molar-refractivity contribution < 1.29 is 0 Å². The molecule has 0 radical (unpaired) electrons. The molecule has 0 aromatic carbocycles. The topological polar surface area (TPSA) is 39.7 Å². The monoisotopic (exact) mass is 396 g/mol. The summed E-state index contributed by atoms with van der Waals surface area (Å²) in [6, 6.07) is 0.488. The predicted molar refractivity (Wildman–Crippen MR) is 99.2 cm³/mol. The fourth-order valence-corrected chi connectivity index (χ4v) is 2.30. The van der Waals surface area contributed by atoms with Crippen molar-refractivity contribution in [3.8, 4) is 0 Å². The Labute approximate surface area is 142 Å². The van der Waals surface area contributed by atoms with Crippen LogP contribution >= 0.6 is 24.0 Å². The third kappa shape index (κ3) is 9.00. The highest BCUT2D eigenvalue weighted by molar-refractivity contribution is 14.0. The molecular formula is C15H33IN4. The van der Waals surface area contributed by atoms with Crippen LogP contribution in [0.1, 0.15) is 52.9 Å². The van der Waals surface area contributed by atoms with Gasteiger partial charge in [-0.1, -0.05) is 6.92 Å². The molecule has 1 unspecified atom stereocenters. The van der Waals surface area contributed by atoms with Crippen molar-refractivity contribution in [3.63, 3.8) is 0 Å². The lowest BCUT2D eigenvalue weighted by atomic mass is 10.3. The highest BCUT2D eigenvalue weighted by Gasteiger charge is 2.09. The molecule has 1 heterocycles. The number of halogens is 1. The highest BCUT2D eigenvalue weighted by atomic mass is 127. The lowest BCUT2D eigenvalue weighted by Crippen LogP contribution is -2.42. The Morgan fingerprint density at radius 3 is 2.50 bits per heavy atom. The van der Waals surface area contributed by atoms with Crippen LogP contribution < -0.4 is 10.6 Å². The number of aliphatic imine (C=N–C) groups is 1. The number of unbranched alkanes of at least 4 members (excludes halogenated alkanes) is 1. The third-order valence-corrected chi connectivity index (χ3v) is 3.69. The molecule has 1 aliphatic rings. The van der Waals surface area contributed by atoms with E-state index in [-0.39, 0.29) is 24.0 Å². The average molecular weight is 396 g/mol. The molecule has 1 fully saturated rings. The van der Waals surface area contributed by atoms with Crippen molar-refractivity contribution in [1.29, 1.82) is 0 Å². The number of hydrogen-bond donors (Lipinski definition) is 2. The Kier molecular flexibility index (Phi) is 12.7. The van der Waals surface area contributed by atoms with Crippen LogP contribution in [0.4, 0.5) is 0 Å². The lowest BCUT2D eigenvalue weighted by Gasteiger charge is -2.16. The number of nitrogens with one attached hydrogen (secondary N) is 2. The van der Waals surface area contributed by atoms with E-state index in [1.165, 1.54) is 45.3 Å². The molecule has 1 aliphatic heterocycles. The van der Waals surface area contributed by atoms with Crippen molar-refractivity contribution >= 4 is 29.9 Å². The first kappa shape index (κ1) is 20.0. The van der Waals surface area contributed by atoms with Gasteiger partial charge in [0.25, 0.3) is 0 Å². The Morgan fingerprint density at radius 2 is 1.90 bits per heavy atom. The standard InChI is InChI=1S/C15H32N4.HI/c1-4-14(3)18-15(16-5-2)17-10-6-7-11-19-12-8-9-13-19;/h14H,4-13H2,1-3H3,(H2,16,17,18);1H. The maximum Gasteiger partial charge on any atom is 0.191 e. The molecular weight excluding hydrogens is 363 g/mol. The first-order chi connectivity index (χ1) is 9.26. The smallest absolute Gasteiger partial charge is 0.191 e. The van der Waals surface area contributed by atoms with Crippen molar-refractivity contribution in [1.82, 2.24) is 15.5 Å². The van der Waals surface area contributed by atoms with Crippen LogP contribution in [0.3, 0.4) is 0 Å². The van der Waals surface area contributed by atoms with Crippen molar-refractivity contribution in [2.24, 2.45) is 4.99 Å². The van der Waals surface area contributed by atoms with E-state index in [0.717, 1.165) is 25.5 Å². The fraction of sp³-hybridized carbons (Fsp3) is 0.933. The van der Waals surface area contributed by atoms with Crippen LogP contribution in [0.15, 0.2) is 4.99 Å². The van der Waals surface area contributed by atoms with Gasteiger partial charge in [-0.25, -0.2) is 0 Å². The molecule has 0 amide bonds. The second kappa shape index (κ2) is 12.7. The molecule has 1 rings (SSSR count). The zero-order valence-corrected chi connectivity index (χ0v) is 15.8. The van der Waals surface area contributed by atoms with E-state index in [0.29, 0.717) is 6.04 Å². The summed E-state index contributed by atoms with van der Waals surface area (Å²) >= 11 is 0. The Hall–Kier alpha value is -0.0400. The SMILES string of the molecule is CCNC(=NCCCCN1CCCC1)NC(C)CC.I. The molecule has 0 aliphatic carbocycles. The van der Waals surface area contributed by atoms with E-state index in [2.05, 4.69) is 41.3 Å². The van der Waals surface area contributed by atoms with Gasteiger partial charge in [0.05, 0.1) is 0 Å². The maximum absolute atomic E-state index is 4.64. The van der Waals surface area contributed by atoms with E-state index in [1.54, 1.807) is 0 Å². The Bertz CT molecular complexity index is 252. The molecule has 0 spiro atoms. The summed E-state index contributed by atoms with van der Waals surface area (Å²) < 4.78 is 0. The van der Waals surface area contributed by atoms with Crippen LogP contribution in [-0.4, -0.2) is 49.6 Å². The minimum atomic E-state index is 0. The predicted octanol–water partition coefficient (Wildman–Crippen LogP) is 2.83. The number of hydrogen-bond acceptors (Lipinski definition) is 2. The third-order valence-electron chi connectivity index (χ3n) is 3.69. The quantitative estimate of drug-likeness (QED) is 0.287. The zero-order valence-electron chi connectivity index (χ0n) is 13.5. The molecule has 1 saturated heterocycles. The summed E-state index contributed by atoms with van der Waals surface area (Å²) in [7, 11) is 0. The minimum Gasteiger partial charge on any atom is -0.357 e. The molecule has 0 saturated carbocycles. The van der Waals surface area contributed by atoms with Crippen LogP contribution in [0.2, 0.25) is 0 Å². The summed E-state index contributed by atoms with van der Waals surface area (Å²) in [4.78, 5) is 7.22. The van der Waals surface area contributed by atoms with E-state index < -0.39 is 0 Å². The van der Waals surface area contributed by atoms with Gasteiger partial charge in [0.15, 0.2) is 5.96 Å². The summed E-state index contributed by atoms with van der Waals surface area (Å²) in [5.41, 5.74) is 0. The second-order valence-electron chi connectivity index (χ2n) is 5.47. The molecule has 0 aromatic heterocycles. The first-order valence-electron chi connectivity index (χ1n) is 8.03. The highest BCUT2D eigenvalue weighted by Crippen LogP contribution is 2.08. The van der Waals surface area contributed by atoms with E-state index in [1.807, 2.05) is 0 Å². The van der Waals surface area contributed by atoms with Crippen LogP contribution in [0, 0.1) is 0 Å². The van der Waals surface area contributed by atoms with Gasteiger partial charge in [0.2, 0.25) is 0 Å². The average Bonchev–Trinajstić information content (AvgIpc) is 2.91. The second-order valence-corrected chi connectivity index (χ2v) is 5.47. The minimum absolute atomic E-state index is 0. The van der Waals surface area contributed by atoms with Crippen LogP contribution in [0.25, 0.3) is 0 Å². The van der Waals surface area contributed by atoms with Gasteiger partial charge in [-0.15, -0.1) is 24.0 Å². The summed E-state index contributed by atoms with van der Waals surface area (Å²) in [6.07, 6.45) is 6.36. The number of nitrogens with zero attached hydrogens (tertiary/aromatic N) is 2. The van der Waals surface area contributed by atoms with Gasteiger partial charge in [0, 0.05) is 19.1 Å². The van der Waals surface area contributed by atoms with Crippen LogP contribution in [0.5, 0.6) is 0 Å². The van der Waals surface area contributed by atoms with E-state index in [4.69, 9.17) is 0 Å². The summed E-state index contributed by atoms with van der Waals surface area (Å²) in [5.74, 6) is 0.970.